The largest absolute Gasteiger partial charge is 0.378 e. The van der Waals surface area contributed by atoms with Crippen LogP contribution in [0.3, 0.4) is 0 Å². The fourth-order valence-corrected chi connectivity index (χ4v) is 4.29. The van der Waals surface area contributed by atoms with Crippen LogP contribution >= 0.6 is 11.6 Å². The zero-order valence-corrected chi connectivity index (χ0v) is 19.1. The Morgan fingerprint density at radius 2 is 1.65 bits per heavy atom. The molecule has 1 atom stereocenters. The first-order chi connectivity index (χ1) is 15.0. The summed E-state index contributed by atoms with van der Waals surface area (Å²) in [5, 5.41) is 3.21. The van der Waals surface area contributed by atoms with E-state index in [2.05, 4.69) is 5.32 Å². The first-order valence-electron chi connectivity index (χ1n) is 11.0. The maximum atomic E-state index is 13.5. The maximum absolute atomic E-state index is 13.5. The predicted octanol–water partition coefficient (Wildman–Crippen LogP) is 4.51. The number of benzene rings is 2. The van der Waals surface area contributed by atoms with Gasteiger partial charge in [-0.05, 0) is 36.1 Å². The van der Waals surface area contributed by atoms with Gasteiger partial charge in [0.25, 0.3) is 0 Å². The highest BCUT2D eigenvalue weighted by molar-refractivity contribution is 6.27. The number of carbonyl (C=O) groups is 2. The Labute approximate surface area is 190 Å². The lowest BCUT2D eigenvalue weighted by atomic mass is 9.94. The maximum Gasteiger partial charge on any atom is 0.247 e. The van der Waals surface area contributed by atoms with E-state index in [1.54, 1.807) is 4.90 Å². The van der Waals surface area contributed by atoms with Crippen molar-refractivity contribution in [2.45, 2.75) is 50.7 Å². The summed E-state index contributed by atoms with van der Waals surface area (Å²) in [5.74, 6) is -0.569. The van der Waals surface area contributed by atoms with Gasteiger partial charge >= 0.3 is 0 Å². The Balaban J connectivity index is 1.94. The molecule has 0 heterocycles. The van der Waals surface area contributed by atoms with Crippen LogP contribution in [0.25, 0.3) is 0 Å². The molecular formula is C25H32ClN3O2. The van der Waals surface area contributed by atoms with Gasteiger partial charge in [0.1, 0.15) is 11.9 Å². The van der Waals surface area contributed by atoms with E-state index in [1.165, 1.54) is 6.42 Å². The van der Waals surface area contributed by atoms with Crippen LogP contribution in [0, 0.1) is 0 Å². The standard InChI is InChI=1S/C25H32ClN3O2/c1-28(2)22-15-13-20(14-16-22)24(25(31)27-21-11-7-4-8-12-21)29(23(30)17-26)18-19-9-5-3-6-10-19/h3,5-6,9-10,13-16,21,24H,4,7-8,11-12,17-18H2,1-2H3,(H,27,31)/t24-/m1/s1. The van der Waals surface area contributed by atoms with Crippen molar-refractivity contribution in [1.82, 2.24) is 10.2 Å². The fraction of sp³-hybridized carbons (Fsp3) is 0.440. The molecule has 0 bridgehead atoms. The van der Waals surface area contributed by atoms with Crippen molar-refractivity contribution in [3.63, 3.8) is 0 Å². The van der Waals surface area contributed by atoms with E-state index in [9.17, 15) is 9.59 Å². The summed E-state index contributed by atoms with van der Waals surface area (Å²) in [5.41, 5.74) is 2.78. The predicted molar refractivity (Wildman–Crippen MR) is 126 cm³/mol. The Kier molecular flexibility index (Phi) is 8.35. The first kappa shape index (κ1) is 23.1. The summed E-state index contributed by atoms with van der Waals surface area (Å²) in [4.78, 5) is 30.0. The van der Waals surface area contributed by atoms with E-state index in [0.29, 0.717) is 6.54 Å². The molecule has 2 aromatic rings. The van der Waals surface area contributed by atoms with Gasteiger partial charge in [0.2, 0.25) is 11.8 Å². The smallest absolute Gasteiger partial charge is 0.247 e. The zero-order valence-electron chi connectivity index (χ0n) is 18.4. The number of nitrogens with one attached hydrogen (secondary N) is 1. The molecular weight excluding hydrogens is 410 g/mol. The van der Waals surface area contributed by atoms with E-state index in [1.807, 2.05) is 73.6 Å². The SMILES string of the molecule is CN(C)c1ccc([C@H](C(=O)NC2CCCCC2)N(Cc2ccccc2)C(=O)CCl)cc1. The second-order valence-electron chi connectivity index (χ2n) is 8.37. The molecule has 0 unspecified atom stereocenters. The van der Waals surface area contributed by atoms with Crippen molar-refractivity contribution in [2.75, 3.05) is 24.9 Å². The Morgan fingerprint density at radius 1 is 1.00 bits per heavy atom. The van der Waals surface area contributed by atoms with Gasteiger partial charge in [-0.2, -0.15) is 0 Å². The van der Waals surface area contributed by atoms with Crippen LogP contribution in [0.1, 0.15) is 49.3 Å². The fourth-order valence-electron chi connectivity index (χ4n) is 4.13. The van der Waals surface area contributed by atoms with Gasteiger partial charge in [-0.25, -0.2) is 0 Å². The average Bonchev–Trinajstić information content (AvgIpc) is 2.79. The lowest BCUT2D eigenvalue weighted by molar-refractivity contribution is -0.140. The average molecular weight is 442 g/mol. The van der Waals surface area contributed by atoms with Gasteiger partial charge in [0, 0.05) is 32.4 Å². The second kappa shape index (κ2) is 11.2. The number of halogens is 1. The molecule has 31 heavy (non-hydrogen) atoms. The lowest BCUT2D eigenvalue weighted by Gasteiger charge is -2.33. The highest BCUT2D eigenvalue weighted by Crippen LogP contribution is 2.27. The van der Waals surface area contributed by atoms with Crippen LogP contribution in [-0.4, -0.2) is 42.7 Å². The summed E-state index contributed by atoms with van der Waals surface area (Å²) < 4.78 is 0. The summed E-state index contributed by atoms with van der Waals surface area (Å²) in [6.07, 6.45) is 5.44. The number of nitrogens with zero attached hydrogens (tertiary/aromatic N) is 2. The van der Waals surface area contributed by atoms with Crippen molar-refractivity contribution in [3.05, 3.63) is 65.7 Å². The molecule has 1 fully saturated rings. The normalized spacial score (nSPS) is 15.2. The number of hydrogen-bond donors (Lipinski definition) is 1. The van der Waals surface area contributed by atoms with Crippen LogP contribution in [0.15, 0.2) is 54.6 Å². The molecule has 2 aromatic carbocycles. The summed E-state index contributed by atoms with van der Waals surface area (Å²) in [7, 11) is 3.95. The Hall–Kier alpha value is -2.53. The monoisotopic (exact) mass is 441 g/mol. The molecule has 2 amide bonds. The second-order valence-corrected chi connectivity index (χ2v) is 8.64. The number of anilines is 1. The molecule has 1 aliphatic rings. The van der Waals surface area contributed by atoms with Gasteiger partial charge in [-0.3, -0.25) is 9.59 Å². The van der Waals surface area contributed by atoms with Gasteiger partial charge in [-0.15, -0.1) is 11.6 Å². The van der Waals surface area contributed by atoms with Crippen LogP contribution < -0.4 is 10.2 Å². The Bertz CT molecular complexity index is 849. The minimum Gasteiger partial charge on any atom is -0.378 e. The van der Waals surface area contributed by atoms with E-state index >= 15 is 0 Å². The third-order valence-corrected chi connectivity index (χ3v) is 6.10. The first-order valence-corrected chi connectivity index (χ1v) is 11.5. The third kappa shape index (κ3) is 6.23. The molecule has 1 N–H and O–H groups in total. The van der Waals surface area contributed by atoms with E-state index in [4.69, 9.17) is 11.6 Å². The van der Waals surface area contributed by atoms with Crippen LogP contribution in [0.4, 0.5) is 5.69 Å². The van der Waals surface area contributed by atoms with Gasteiger partial charge in [0.05, 0.1) is 0 Å². The van der Waals surface area contributed by atoms with Gasteiger partial charge in [0.15, 0.2) is 0 Å². The quantitative estimate of drug-likeness (QED) is 0.613. The molecule has 0 saturated heterocycles. The number of hydrogen-bond acceptors (Lipinski definition) is 3. The van der Waals surface area contributed by atoms with Crippen molar-refractivity contribution in [1.29, 1.82) is 0 Å². The minimum atomic E-state index is -0.732. The molecule has 0 spiro atoms. The van der Waals surface area contributed by atoms with Crippen LogP contribution in [0.2, 0.25) is 0 Å². The van der Waals surface area contributed by atoms with Crippen molar-refractivity contribution < 1.29 is 9.59 Å². The molecule has 166 valence electrons. The number of carbonyl (C=O) groups excluding carboxylic acids is 2. The summed E-state index contributed by atoms with van der Waals surface area (Å²) >= 11 is 5.98. The topological polar surface area (TPSA) is 52.7 Å². The number of rotatable bonds is 8. The van der Waals surface area contributed by atoms with Crippen molar-refractivity contribution in [2.24, 2.45) is 0 Å². The molecule has 0 aromatic heterocycles. The molecule has 3 rings (SSSR count). The molecule has 5 nitrogen and oxygen atoms in total. The molecule has 0 radical (unpaired) electrons. The van der Waals surface area contributed by atoms with Gasteiger partial charge < -0.3 is 15.1 Å². The minimum absolute atomic E-state index is 0.140. The Morgan fingerprint density at radius 3 is 2.23 bits per heavy atom. The van der Waals surface area contributed by atoms with Crippen LogP contribution in [0.5, 0.6) is 0 Å². The van der Waals surface area contributed by atoms with E-state index in [-0.39, 0.29) is 23.7 Å². The third-order valence-electron chi connectivity index (χ3n) is 5.87. The van der Waals surface area contributed by atoms with E-state index < -0.39 is 6.04 Å². The zero-order chi connectivity index (χ0) is 22.2. The van der Waals surface area contributed by atoms with Crippen molar-refractivity contribution in [3.8, 4) is 0 Å². The summed E-state index contributed by atoms with van der Waals surface area (Å²) in [6, 6.07) is 17.0. The highest BCUT2D eigenvalue weighted by Gasteiger charge is 2.32. The molecule has 1 saturated carbocycles. The number of amides is 2. The molecule has 6 heteroatoms. The molecule has 1 aliphatic carbocycles. The van der Waals surface area contributed by atoms with Crippen molar-refractivity contribution >= 4 is 29.1 Å². The lowest BCUT2D eigenvalue weighted by Crippen LogP contribution is -2.47. The number of alkyl halides is 1. The van der Waals surface area contributed by atoms with Gasteiger partial charge in [-0.1, -0.05) is 61.7 Å². The molecule has 0 aliphatic heterocycles. The van der Waals surface area contributed by atoms with Crippen LogP contribution in [-0.2, 0) is 16.1 Å². The van der Waals surface area contributed by atoms with E-state index in [0.717, 1.165) is 42.5 Å². The highest BCUT2D eigenvalue weighted by atomic mass is 35.5. The summed E-state index contributed by atoms with van der Waals surface area (Å²) in [6.45, 7) is 0.324.